The molecule has 0 aromatic heterocycles. The molecule has 0 saturated carbocycles. The van der Waals surface area contributed by atoms with Crippen LogP contribution in [0.3, 0.4) is 0 Å². The Morgan fingerprint density at radius 2 is 1.90 bits per heavy atom. The molecule has 0 aliphatic carbocycles. The van der Waals surface area contributed by atoms with E-state index in [1.54, 1.807) is 30.3 Å². The molecule has 0 atom stereocenters. The van der Waals surface area contributed by atoms with Crippen molar-refractivity contribution in [2.24, 2.45) is 5.10 Å². The maximum Gasteiger partial charge on any atom is 0.271 e. The lowest BCUT2D eigenvalue weighted by Gasteiger charge is -2.03. The number of carbonyl (C=O) groups is 1. The zero-order valence-corrected chi connectivity index (χ0v) is 16.4. The minimum atomic E-state index is -0.307. The number of hydrogen-bond acceptors (Lipinski definition) is 3. The molecule has 0 saturated heterocycles. The number of hydrazone groups is 1. The van der Waals surface area contributed by atoms with Crippen molar-refractivity contribution in [1.82, 2.24) is 5.43 Å². The zero-order valence-electron chi connectivity index (χ0n) is 10.5. The van der Waals surface area contributed by atoms with E-state index in [4.69, 9.17) is 0 Å². The van der Waals surface area contributed by atoms with Crippen molar-refractivity contribution in [3.63, 3.8) is 0 Å². The van der Waals surface area contributed by atoms with Crippen LogP contribution < -0.4 is 5.43 Å². The van der Waals surface area contributed by atoms with Crippen molar-refractivity contribution >= 4 is 73.2 Å². The average Bonchev–Trinajstić information content (AvgIpc) is 2.44. The molecule has 7 heteroatoms. The molecule has 2 rings (SSSR count). The van der Waals surface area contributed by atoms with E-state index in [2.05, 4.69) is 49.0 Å². The predicted octanol–water partition coefficient (Wildman–Crippen LogP) is 4.13. The first kappa shape index (κ1) is 16.7. The van der Waals surface area contributed by atoms with E-state index < -0.39 is 0 Å². The smallest absolute Gasteiger partial charge is 0.271 e. The Kier molecular flexibility index (Phi) is 5.99. The molecular weight excluding hydrogens is 562 g/mol. The third-order valence-electron chi connectivity index (χ3n) is 2.53. The van der Waals surface area contributed by atoms with E-state index in [-0.39, 0.29) is 11.7 Å². The molecule has 21 heavy (non-hydrogen) atoms. The number of aromatic hydroxyl groups is 1. The standard InChI is InChI=1S/C14H9BrI2N2O2/c15-10-3-1-8(2-4-10)14(21)19-18-7-9-5-11(16)6-12(17)13(9)20/h1-7,20H,(H,19,21)/b18-7-. The molecule has 108 valence electrons. The number of phenolic OH excluding ortho intramolecular Hbond substituents is 1. The van der Waals surface area contributed by atoms with Crippen LogP contribution in [-0.4, -0.2) is 17.2 Å². The number of nitrogens with zero attached hydrogens (tertiary/aromatic N) is 1. The minimum absolute atomic E-state index is 0.151. The summed E-state index contributed by atoms with van der Waals surface area (Å²) in [7, 11) is 0. The topological polar surface area (TPSA) is 61.7 Å². The van der Waals surface area contributed by atoms with E-state index in [9.17, 15) is 9.90 Å². The fourth-order valence-corrected chi connectivity index (χ4v) is 3.66. The first-order chi connectivity index (χ1) is 9.97. The van der Waals surface area contributed by atoms with E-state index in [1.807, 2.05) is 28.7 Å². The lowest BCUT2D eigenvalue weighted by atomic mass is 10.2. The Morgan fingerprint density at radius 1 is 1.24 bits per heavy atom. The summed E-state index contributed by atoms with van der Waals surface area (Å²) in [6, 6.07) is 10.6. The molecule has 2 N–H and O–H groups in total. The Labute approximate surface area is 157 Å². The SMILES string of the molecule is O=C(N/N=C\c1cc(I)cc(I)c1O)c1ccc(Br)cc1. The number of phenols is 1. The second-order valence-corrected chi connectivity index (χ2v) is 7.35. The minimum Gasteiger partial charge on any atom is -0.506 e. The Hall–Kier alpha value is -0.680. The maximum atomic E-state index is 11.9. The zero-order chi connectivity index (χ0) is 15.4. The van der Waals surface area contributed by atoms with E-state index in [0.717, 1.165) is 11.6 Å². The molecule has 0 spiro atoms. The van der Waals surface area contributed by atoms with Crippen molar-refractivity contribution < 1.29 is 9.90 Å². The quantitative estimate of drug-likeness (QED) is 0.331. The number of amides is 1. The summed E-state index contributed by atoms with van der Waals surface area (Å²) in [5, 5.41) is 13.8. The first-order valence-electron chi connectivity index (χ1n) is 5.74. The summed E-state index contributed by atoms with van der Waals surface area (Å²) in [5.74, 6) is -0.156. The number of benzene rings is 2. The van der Waals surface area contributed by atoms with Crippen LogP contribution in [0.1, 0.15) is 15.9 Å². The van der Waals surface area contributed by atoms with Crippen LogP contribution in [0.25, 0.3) is 0 Å². The third kappa shape index (κ3) is 4.65. The van der Waals surface area contributed by atoms with Crippen molar-refractivity contribution in [2.75, 3.05) is 0 Å². The number of halogens is 3. The molecule has 0 unspecified atom stereocenters. The monoisotopic (exact) mass is 570 g/mol. The van der Waals surface area contributed by atoms with Gasteiger partial charge < -0.3 is 5.11 Å². The van der Waals surface area contributed by atoms with Gasteiger partial charge in [0.15, 0.2) is 0 Å². The largest absolute Gasteiger partial charge is 0.506 e. The molecule has 0 heterocycles. The average molecular weight is 571 g/mol. The molecule has 0 aliphatic heterocycles. The van der Waals surface area contributed by atoms with Gasteiger partial charge in [-0.2, -0.15) is 5.10 Å². The number of carbonyl (C=O) groups excluding carboxylic acids is 1. The maximum absolute atomic E-state index is 11.9. The summed E-state index contributed by atoms with van der Waals surface area (Å²) in [5.41, 5.74) is 3.50. The van der Waals surface area contributed by atoms with Crippen molar-refractivity contribution in [3.05, 3.63) is 59.1 Å². The molecule has 0 aliphatic rings. The second kappa shape index (κ2) is 7.54. The van der Waals surface area contributed by atoms with Gasteiger partial charge in [-0.3, -0.25) is 4.79 Å². The van der Waals surface area contributed by atoms with E-state index in [1.165, 1.54) is 6.21 Å². The van der Waals surface area contributed by atoms with Crippen LogP contribution >= 0.6 is 61.1 Å². The van der Waals surface area contributed by atoms with Gasteiger partial charge in [-0.15, -0.1) is 0 Å². The van der Waals surface area contributed by atoms with Gasteiger partial charge in [0.25, 0.3) is 5.91 Å². The van der Waals surface area contributed by atoms with Gasteiger partial charge in [-0.25, -0.2) is 5.43 Å². The van der Waals surface area contributed by atoms with Crippen molar-refractivity contribution in [3.8, 4) is 5.75 Å². The molecule has 4 nitrogen and oxygen atoms in total. The summed E-state index contributed by atoms with van der Waals surface area (Å²) < 4.78 is 2.62. The van der Waals surface area contributed by atoms with E-state index >= 15 is 0 Å². The molecule has 2 aromatic carbocycles. The van der Waals surface area contributed by atoms with Crippen LogP contribution in [0.15, 0.2) is 46.0 Å². The molecular formula is C14H9BrI2N2O2. The number of nitrogens with one attached hydrogen (secondary N) is 1. The van der Waals surface area contributed by atoms with Gasteiger partial charge in [-0.05, 0) is 81.6 Å². The summed E-state index contributed by atoms with van der Waals surface area (Å²) in [6.45, 7) is 0. The van der Waals surface area contributed by atoms with Gasteiger partial charge >= 0.3 is 0 Å². The highest BCUT2D eigenvalue weighted by Crippen LogP contribution is 2.25. The van der Waals surface area contributed by atoms with Crippen LogP contribution in [0, 0.1) is 7.14 Å². The van der Waals surface area contributed by atoms with Crippen LogP contribution in [0.5, 0.6) is 5.75 Å². The van der Waals surface area contributed by atoms with Crippen LogP contribution in [-0.2, 0) is 0 Å². The Morgan fingerprint density at radius 3 is 2.57 bits per heavy atom. The van der Waals surface area contributed by atoms with Gasteiger partial charge in [0, 0.05) is 19.2 Å². The summed E-state index contributed by atoms with van der Waals surface area (Å²) >= 11 is 7.51. The highest BCUT2D eigenvalue weighted by molar-refractivity contribution is 14.1. The molecule has 0 fully saturated rings. The fourth-order valence-electron chi connectivity index (χ4n) is 1.51. The highest BCUT2D eigenvalue weighted by atomic mass is 127. The molecule has 0 bridgehead atoms. The van der Waals surface area contributed by atoms with Crippen LogP contribution in [0.4, 0.5) is 0 Å². The lowest BCUT2D eigenvalue weighted by molar-refractivity contribution is 0.0955. The Balaban J connectivity index is 2.09. The first-order valence-corrected chi connectivity index (χ1v) is 8.69. The van der Waals surface area contributed by atoms with Crippen molar-refractivity contribution in [1.29, 1.82) is 0 Å². The van der Waals surface area contributed by atoms with Crippen molar-refractivity contribution in [2.45, 2.75) is 0 Å². The highest BCUT2D eigenvalue weighted by Gasteiger charge is 2.06. The second-order valence-electron chi connectivity index (χ2n) is 4.03. The Bertz CT molecular complexity index is 703. The predicted molar refractivity (Wildman–Crippen MR) is 103 cm³/mol. The fraction of sp³-hybridized carbons (Fsp3) is 0. The number of hydrogen-bond donors (Lipinski definition) is 2. The summed E-state index contributed by atoms with van der Waals surface area (Å²) in [6.07, 6.45) is 1.43. The van der Waals surface area contributed by atoms with Crippen LogP contribution in [0.2, 0.25) is 0 Å². The lowest BCUT2D eigenvalue weighted by Crippen LogP contribution is -2.17. The molecule has 1 amide bonds. The molecule has 2 aromatic rings. The third-order valence-corrected chi connectivity index (χ3v) is 4.51. The van der Waals surface area contributed by atoms with Gasteiger partial charge in [-0.1, -0.05) is 15.9 Å². The van der Waals surface area contributed by atoms with E-state index in [0.29, 0.717) is 11.1 Å². The van der Waals surface area contributed by atoms with Gasteiger partial charge in [0.05, 0.1) is 9.78 Å². The summed E-state index contributed by atoms with van der Waals surface area (Å²) in [4.78, 5) is 11.9. The molecule has 0 radical (unpaired) electrons. The van der Waals surface area contributed by atoms with Gasteiger partial charge in [0.1, 0.15) is 5.75 Å². The normalized spacial score (nSPS) is 10.8. The number of rotatable bonds is 3. The van der Waals surface area contributed by atoms with Gasteiger partial charge in [0.2, 0.25) is 0 Å².